The molecule has 2 heterocycles. The van der Waals surface area contributed by atoms with Crippen LogP contribution in [0.5, 0.6) is 0 Å². The van der Waals surface area contributed by atoms with Crippen LogP contribution in [0.15, 0.2) is 35.3 Å². The maximum Gasteiger partial charge on any atom is 0.221 e. The van der Waals surface area contributed by atoms with Gasteiger partial charge in [-0.05, 0) is 50.1 Å². The molecule has 2 saturated heterocycles. The molecule has 1 aromatic rings. The van der Waals surface area contributed by atoms with Gasteiger partial charge in [0.1, 0.15) is 0 Å². The lowest BCUT2D eigenvalue weighted by atomic mass is 9.83. The topological polar surface area (TPSA) is 60.0 Å². The largest absolute Gasteiger partial charge is 0.356 e. The van der Waals surface area contributed by atoms with Gasteiger partial charge in [-0.25, -0.2) is 0 Å². The summed E-state index contributed by atoms with van der Waals surface area (Å²) in [7, 11) is 1.86. The third kappa shape index (κ3) is 6.00. The molecule has 0 bridgehead atoms. The summed E-state index contributed by atoms with van der Waals surface area (Å²) in [6.45, 7) is 5.00. The lowest BCUT2D eigenvalue weighted by Gasteiger charge is -2.48. The van der Waals surface area contributed by atoms with Crippen LogP contribution in [0.2, 0.25) is 0 Å². The highest BCUT2D eigenvalue weighted by molar-refractivity contribution is 5.81. The van der Waals surface area contributed by atoms with Crippen molar-refractivity contribution in [2.24, 2.45) is 10.9 Å². The van der Waals surface area contributed by atoms with Crippen LogP contribution in [0.25, 0.3) is 0 Å². The van der Waals surface area contributed by atoms with Crippen LogP contribution in [0, 0.1) is 5.92 Å². The Kier molecular flexibility index (Phi) is 7.84. The Labute approximate surface area is 187 Å². The Balaban J connectivity index is 1.24. The minimum Gasteiger partial charge on any atom is -0.356 e. The van der Waals surface area contributed by atoms with Gasteiger partial charge in [-0.15, -0.1) is 0 Å². The van der Waals surface area contributed by atoms with Crippen LogP contribution in [-0.2, 0) is 11.3 Å². The number of guanidine groups is 1. The predicted molar refractivity (Wildman–Crippen MR) is 126 cm³/mol. The SMILES string of the molecule is CN=C(NCCC(=O)NC1CCCC1)N1CCC2C(CCCN2Cc2ccccc2)C1. The molecule has 1 saturated carbocycles. The van der Waals surface area contributed by atoms with Gasteiger partial charge in [0.15, 0.2) is 5.96 Å². The van der Waals surface area contributed by atoms with Crippen molar-refractivity contribution in [1.29, 1.82) is 0 Å². The quantitative estimate of drug-likeness (QED) is 0.543. The number of piperidine rings is 2. The molecule has 0 radical (unpaired) electrons. The molecule has 6 nitrogen and oxygen atoms in total. The van der Waals surface area contributed by atoms with Crippen molar-refractivity contribution in [1.82, 2.24) is 20.4 Å². The molecule has 31 heavy (non-hydrogen) atoms. The van der Waals surface area contributed by atoms with Crippen molar-refractivity contribution < 1.29 is 4.79 Å². The third-order valence-electron chi connectivity index (χ3n) is 7.28. The lowest BCUT2D eigenvalue weighted by molar-refractivity contribution is -0.121. The molecule has 2 aliphatic heterocycles. The summed E-state index contributed by atoms with van der Waals surface area (Å²) in [5.41, 5.74) is 1.42. The number of fused-ring (bicyclic) bond motifs is 1. The van der Waals surface area contributed by atoms with Gasteiger partial charge in [0.05, 0.1) is 0 Å². The zero-order chi connectivity index (χ0) is 21.5. The van der Waals surface area contributed by atoms with E-state index < -0.39 is 0 Å². The number of likely N-dealkylation sites (tertiary alicyclic amines) is 2. The second kappa shape index (κ2) is 11.0. The molecule has 2 atom stereocenters. The van der Waals surface area contributed by atoms with Gasteiger partial charge >= 0.3 is 0 Å². The highest BCUT2D eigenvalue weighted by Gasteiger charge is 2.36. The average molecular weight is 426 g/mol. The standard InChI is InChI=1S/C25H39N5O/c1-26-25(27-15-13-24(31)28-22-11-5-6-12-22)30-17-14-23-21(19-30)10-7-16-29(23)18-20-8-3-2-4-9-20/h2-4,8-9,21-23H,5-7,10-19H2,1H3,(H,26,27)(H,28,31). The van der Waals surface area contributed by atoms with Crippen molar-refractivity contribution in [3.8, 4) is 0 Å². The molecule has 1 aromatic carbocycles. The van der Waals surface area contributed by atoms with E-state index in [1.807, 2.05) is 7.05 Å². The third-order valence-corrected chi connectivity index (χ3v) is 7.28. The monoisotopic (exact) mass is 425 g/mol. The number of amides is 1. The molecule has 6 heteroatoms. The highest BCUT2D eigenvalue weighted by Crippen LogP contribution is 2.31. The minimum absolute atomic E-state index is 0.164. The zero-order valence-electron chi connectivity index (χ0n) is 19.1. The minimum atomic E-state index is 0.164. The average Bonchev–Trinajstić information content (AvgIpc) is 3.30. The maximum absolute atomic E-state index is 12.2. The van der Waals surface area contributed by atoms with Crippen molar-refractivity contribution in [2.75, 3.05) is 33.2 Å². The first-order valence-corrected chi connectivity index (χ1v) is 12.3. The number of aliphatic imine (C=N–C) groups is 1. The summed E-state index contributed by atoms with van der Waals surface area (Å²) in [6, 6.07) is 11.9. The summed E-state index contributed by atoms with van der Waals surface area (Å²) in [5.74, 6) is 1.81. The Hall–Kier alpha value is -2.08. The van der Waals surface area contributed by atoms with Gasteiger partial charge in [0.25, 0.3) is 0 Å². The Morgan fingerprint density at radius 2 is 1.87 bits per heavy atom. The van der Waals surface area contributed by atoms with Crippen molar-refractivity contribution in [3.63, 3.8) is 0 Å². The van der Waals surface area contributed by atoms with Gasteiger partial charge in [0, 0.05) is 51.7 Å². The first-order valence-electron chi connectivity index (χ1n) is 12.3. The fourth-order valence-electron chi connectivity index (χ4n) is 5.70. The number of benzene rings is 1. The van der Waals surface area contributed by atoms with Gasteiger partial charge in [-0.2, -0.15) is 0 Å². The van der Waals surface area contributed by atoms with E-state index in [9.17, 15) is 4.79 Å². The number of nitrogens with zero attached hydrogens (tertiary/aromatic N) is 3. The number of hydrogen-bond acceptors (Lipinski definition) is 3. The number of nitrogens with one attached hydrogen (secondary N) is 2. The first-order chi connectivity index (χ1) is 15.2. The zero-order valence-corrected chi connectivity index (χ0v) is 19.1. The second-order valence-corrected chi connectivity index (χ2v) is 9.43. The van der Waals surface area contributed by atoms with Crippen LogP contribution < -0.4 is 10.6 Å². The molecule has 0 spiro atoms. The van der Waals surface area contributed by atoms with E-state index in [1.54, 1.807) is 0 Å². The molecule has 0 aromatic heterocycles. The summed E-state index contributed by atoms with van der Waals surface area (Å²) in [6.07, 6.45) is 9.03. The summed E-state index contributed by atoms with van der Waals surface area (Å²) in [5, 5.41) is 6.62. The van der Waals surface area contributed by atoms with E-state index in [0.29, 0.717) is 31.0 Å². The molecule has 1 amide bonds. The molecule has 2 unspecified atom stereocenters. The van der Waals surface area contributed by atoms with Gasteiger partial charge < -0.3 is 15.5 Å². The highest BCUT2D eigenvalue weighted by atomic mass is 16.1. The molecule has 3 fully saturated rings. The molecule has 170 valence electrons. The van der Waals surface area contributed by atoms with Crippen molar-refractivity contribution in [2.45, 2.75) is 70.0 Å². The molecule has 2 N–H and O–H groups in total. The Morgan fingerprint density at radius 1 is 1.06 bits per heavy atom. The van der Waals surface area contributed by atoms with E-state index in [0.717, 1.165) is 38.4 Å². The Bertz CT molecular complexity index is 731. The normalized spacial score (nSPS) is 25.3. The molecule has 3 aliphatic rings. The van der Waals surface area contributed by atoms with Crippen molar-refractivity contribution >= 4 is 11.9 Å². The number of hydrogen-bond donors (Lipinski definition) is 2. The van der Waals surface area contributed by atoms with Crippen LogP contribution >= 0.6 is 0 Å². The van der Waals surface area contributed by atoms with Gasteiger partial charge in [-0.1, -0.05) is 43.2 Å². The smallest absolute Gasteiger partial charge is 0.221 e. The summed E-state index contributed by atoms with van der Waals surface area (Å²) >= 11 is 0. The fraction of sp³-hybridized carbons (Fsp3) is 0.680. The summed E-state index contributed by atoms with van der Waals surface area (Å²) < 4.78 is 0. The number of rotatable bonds is 6. The first kappa shape index (κ1) is 22.1. The van der Waals surface area contributed by atoms with Crippen LogP contribution in [0.1, 0.15) is 56.9 Å². The molecule has 4 rings (SSSR count). The van der Waals surface area contributed by atoms with Crippen LogP contribution in [-0.4, -0.2) is 67.0 Å². The van der Waals surface area contributed by atoms with E-state index in [-0.39, 0.29) is 5.91 Å². The fourth-order valence-corrected chi connectivity index (χ4v) is 5.70. The van der Waals surface area contributed by atoms with Crippen LogP contribution in [0.3, 0.4) is 0 Å². The molecule has 1 aliphatic carbocycles. The van der Waals surface area contributed by atoms with Crippen molar-refractivity contribution in [3.05, 3.63) is 35.9 Å². The van der Waals surface area contributed by atoms with Gasteiger partial charge in [0.2, 0.25) is 5.91 Å². The summed E-state index contributed by atoms with van der Waals surface area (Å²) in [4.78, 5) is 21.8. The lowest BCUT2D eigenvalue weighted by Crippen LogP contribution is -2.56. The van der Waals surface area contributed by atoms with E-state index in [2.05, 4.69) is 55.8 Å². The maximum atomic E-state index is 12.2. The number of carbonyl (C=O) groups is 1. The second-order valence-electron chi connectivity index (χ2n) is 9.43. The van der Waals surface area contributed by atoms with Gasteiger partial charge in [-0.3, -0.25) is 14.7 Å². The molecular weight excluding hydrogens is 386 g/mol. The van der Waals surface area contributed by atoms with Crippen LogP contribution in [0.4, 0.5) is 0 Å². The number of carbonyl (C=O) groups excluding carboxylic acids is 1. The van der Waals surface area contributed by atoms with E-state index in [4.69, 9.17) is 0 Å². The molecular formula is C25H39N5O. The predicted octanol–water partition coefficient (Wildman–Crippen LogP) is 3.00. The Morgan fingerprint density at radius 3 is 2.65 bits per heavy atom. The van der Waals surface area contributed by atoms with E-state index in [1.165, 1.54) is 44.2 Å². The van der Waals surface area contributed by atoms with E-state index >= 15 is 0 Å².